The summed E-state index contributed by atoms with van der Waals surface area (Å²) in [5.74, 6) is -0.845. The number of carboxylic acid groups (broad SMARTS) is 1. The average molecular weight is 265 g/mol. The van der Waals surface area contributed by atoms with Gasteiger partial charge in [-0.2, -0.15) is 0 Å². The predicted molar refractivity (Wildman–Crippen MR) is 71.4 cm³/mol. The molecule has 2 rings (SSSR count). The van der Waals surface area contributed by atoms with Gasteiger partial charge in [0.15, 0.2) is 0 Å². The smallest absolute Gasteiger partial charge is 0.335 e. The predicted octanol–water partition coefficient (Wildman–Crippen LogP) is 2.62. The molecule has 0 aromatic heterocycles. The number of rotatable bonds is 3. The molecule has 0 bridgehead atoms. The van der Waals surface area contributed by atoms with E-state index in [2.05, 4.69) is 0 Å². The molecule has 1 amide bonds. The first-order chi connectivity index (χ1) is 8.54. The molecule has 1 aromatic rings. The number of hydrogen-bond donors (Lipinski definition) is 1. The minimum absolute atomic E-state index is 0.0948. The maximum atomic E-state index is 12.1. The third-order valence-corrected chi connectivity index (χ3v) is 4.30. The SMILES string of the molecule is CCCC1Sc2cc(C(=O)O)ccc2N(C)C1=O. The number of hydrogen-bond acceptors (Lipinski definition) is 3. The zero-order valence-corrected chi connectivity index (χ0v) is 11.2. The minimum atomic E-state index is -0.940. The summed E-state index contributed by atoms with van der Waals surface area (Å²) in [4.78, 5) is 25.5. The molecule has 1 aromatic carbocycles. The van der Waals surface area contributed by atoms with E-state index in [4.69, 9.17) is 5.11 Å². The molecular weight excluding hydrogens is 250 g/mol. The Hall–Kier alpha value is -1.49. The molecule has 0 aliphatic carbocycles. The average Bonchev–Trinajstić information content (AvgIpc) is 2.35. The second-order valence-corrected chi connectivity index (χ2v) is 5.52. The van der Waals surface area contributed by atoms with Crippen molar-refractivity contribution < 1.29 is 14.7 Å². The van der Waals surface area contributed by atoms with Crippen LogP contribution >= 0.6 is 11.8 Å². The Kier molecular flexibility index (Phi) is 3.61. The number of aromatic carboxylic acids is 1. The Morgan fingerprint density at radius 3 is 2.83 bits per heavy atom. The highest BCUT2D eigenvalue weighted by Gasteiger charge is 2.31. The van der Waals surface area contributed by atoms with E-state index in [1.54, 1.807) is 24.1 Å². The number of anilines is 1. The molecule has 96 valence electrons. The van der Waals surface area contributed by atoms with Crippen LogP contribution in [0.5, 0.6) is 0 Å². The Balaban J connectivity index is 2.39. The standard InChI is InChI=1S/C13H15NO3S/c1-3-4-10-12(15)14(2)9-6-5-8(13(16)17)7-11(9)18-10/h5-7,10H,3-4H2,1-2H3,(H,16,17). The maximum absolute atomic E-state index is 12.1. The molecule has 0 fully saturated rings. The lowest BCUT2D eigenvalue weighted by Gasteiger charge is -2.31. The molecule has 0 saturated carbocycles. The van der Waals surface area contributed by atoms with Gasteiger partial charge in [0.1, 0.15) is 0 Å². The van der Waals surface area contributed by atoms with Crippen LogP contribution in [0.3, 0.4) is 0 Å². The van der Waals surface area contributed by atoms with Crippen molar-refractivity contribution in [2.24, 2.45) is 0 Å². The Bertz CT molecular complexity index is 501. The van der Waals surface area contributed by atoms with E-state index in [0.29, 0.717) is 0 Å². The van der Waals surface area contributed by atoms with Crippen LogP contribution in [0.15, 0.2) is 23.1 Å². The summed E-state index contributed by atoms with van der Waals surface area (Å²) >= 11 is 1.47. The first kappa shape index (κ1) is 13.0. The van der Waals surface area contributed by atoms with Crippen LogP contribution in [0.2, 0.25) is 0 Å². The van der Waals surface area contributed by atoms with Crippen LogP contribution in [-0.4, -0.2) is 29.3 Å². The number of fused-ring (bicyclic) bond motifs is 1. The first-order valence-corrected chi connectivity index (χ1v) is 6.74. The van der Waals surface area contributed by atoms with Gasteiger partial charge >= 0.3 is 5.97 Å². The molecule has 5 heteroatoms. The van der Waals surface area contributed by atoms with Gasteiger partial charge in [-0.3, -0.25) is 4.79 Å². The number of benzene rings is 1. The molecular formula is C13H15NO3S. The number of thioether (sulfide) groups is 1. The normalized spacial score (nSPS) is 18.7. The second-order valence-electron chi connectivity index (χ2n) is 4.28. The lowest BCUT2D eigenvalue weighted by molar-refractivity contribution is -0.118. The third-order valence-electron chi connectivity index (χ3n) is 2.99. The molecule has 0 saturated heterocycles. The van der Waals surface area contributed by atoms with E-state index in [1.165, 1.54) is 17.8 Å². The molecule has 1 aliphatic heterocycles. The van der Waals surface area contributed by atoms with Crippen LogP contribution in [0.4, 0.5) is 5.69 Å². The molecule has 0 radical (unpaired) electrons. The molecule has 1 N–H and O–H groups in total. The summed E-state index contributed by atoms with van der Waals surface area (Å²) in [5.41, 5.74) is 1.06. The van der Waals surface area contributed by atoms with E-state index in [0.717, 1.165) is 23.4 Å². The highest BCUT2D eigenvalue weighted by molar-refractivity contribution is 8.01. The van der Waals surface area contributed by atoms with E-state index >= 15 is 0 Å². The Morgan fingerprint density at radius 2 is 2.22 bits per heavy atom. The summed E-state index contributed by atoms with van der Waals surface area (Å²) in [5, 5.41) is 8.88. The molecule has 4 nitrogen and oxygen atoms in total. The van der Waals surface area contributed by atoms with Gasteiger partial charge in [-0.25, -0.2) is 4.79 Å². The molecule has 1 heterocycles. The van der Waals surface area contributed by atoms with Crippen molar-refractivity contribution in [3.8, 4) is 0 Å². The van der Waals surface area contributed by atoms with Gasteiger partial charge in [0.25, 0.3) is 0 Å². The third kappa shape index (κ3) is 2.22. The summed E-state index contributed by atoms with van der Waals surface area (Å²) in [6.45, 7) is 2.04. The first-order valence-electron chi connectivity index (χ1n) is 5.86. The van der Waals surface area contributed by atoms with Crippen molar-refractivity contribution in [3.05, 3.63) is 23.8 Å². The molecule has 1 aliphatic rings. The zero-order chi connectivity index (χ0) is 13.3. The van der Waals surface area contributed by atoms with E-state index in [9.17, 15) is 9.59 Å². The quantitative estimate of drug-likeness (QED) is 0.912. The lowest BCUT2D eigenvalue weighted by atomic mass is 10.1. The van der Waals surface area contributed by atoms with Crippen molar-refractivity contribution >= 4 is 29.3 Å². The van der Waals surface area contributed by atoms with Gasteiger partial charge in [0.05, 0.1) is 16.5 Å². The van der Waals surface area contributed by atoms with Gasteiger partial charge in [-0.15, -0.1) is 11.8 Å². The van der Waals surface area contributed by atoms with E-state index < -0.39 is 5.97 Å². The van der Waals surface area contributed by atoms with Crippen LogP contribution in [0.25, 0.3) is 0 Å². The van der Waals surface area contributed by atoms with E-state index in [-0.39, 0.29) is 16.7 Å². The number of nitrogens with zero attached hydrogens (tertiary/aromatic N) is 1. The molecule has 1 atom stereocenters. The summed E-state index contributed by atoms with van der Waals surface area (Å²) in [6.07, 6.45) is 1.75. The summed E-state index contributed by atoms with van der Waals surface area (Å²) in [6, 6.07) is 4.88. The van der Waals surface area contributed by atoms with E-state index in [1.807, 2.05) is 6.92 Å². The van der Waals surface area contributed by atoms with Gasteiger partial charge in [0, 0.05) is 11.9 Å². The lowest BCUT2D eigenvalue weighted by Crippen LogP contribution is -2.38. The second kappa shape index (κ2) is 5.02. The number of carboxylic acids is 1. The Morgan fingerprint density at radius 1 is 1.50 bits per heavy atom. The van der Waals surface area contributed by atoms with Crippen molar-refractivity contribution in [2.45, 2.75) is 29.9 Å². The van der Waals surface area contributed by atoms with Crippen LogP contribution in [0.1, 0.15) is 30.1 Å². The zero-order valence-electron chi connectivity index (χ0n) is 10.3. The summed E-state index contributed by atoms with van der Waals surface area (Å²) < 4.78 is 0. The fourth-order valence-corrected chi connectivity index (χ4v) is 3.44. The minimum Gasteiger partial charge on any atom is -0.478 e. The topological polar surface area (TPSA) is 57.6 Å². The van der Waals surface area contributed by atoms with Gasteiger partial charge in [-0.1, -0.05) is 13.3 Å². The largest absolute Gasteiger partial charge is 0.478 e. The molecule has 0 spiro atoms. The fourth-order valence-electron chi connectivity index (χ4n) is 2.00. The van der Waals surface area contributed by atoms with Crippen LogP contribution in [-0.2, 0) is 4.79 Å². The highest BCUT2D eigenvalue weighted by atomic mass is 32.2. The van der Waals surface area contributed by atoms with Gasteiger partial charge < -0.3 is 10.0 Å². The monoisotopic (exact) mass is 265 g/mol. The number of amides is 1. The highest BCUT2D eigenvalue weighted by Crippen LogP contribution is 2.40. The van der Waals surface area contributed by atoms with Crippen molar-refractivity contribution in [1.82, 2.24) is 0 Å². The molecule has 1 unspecified atom stereocenters. The number of carbonyl (C=O) groups is 2. The van der Waals surface area contributed by atoms with Crippen LogP contribution in [0, 0.1) is 0 Å². The maximum Gasteiger partial charge on any atom is 0.335 e. The fraction of sp³-hybridized carbons (Fsp3) is 0.385. The summed E-state index contributed by atoms with van der Waals surface area (Å²) in [7, 11) is 1.74. The molecule has 18 heavy (non-hydrogen) atoms. The van der Waals surface area contributed by atoms with Gasteiger partial charge in [-0.05, 0) is 24.6 Å². The van der Waals surface area contributed by atoms with Gasteiger partial charge in [0.2, 0.25) is 5.91 Å². The Labute approximate surface area is 110 Å². The van der Waals surface area contributed by atoms with Crippen molar-refractivity contribution in [1.29, 1.82) is 0 Å². The van der Waals surface area contributed by atoms with Crippen LogP contribution < -0.4 is 4.90 Å². The van der Waals surface area contributed by atoms with Crippen molar-refractivity contribution in [3.63, 3.8) is 0 Å². The number of carbonyl (C=O) groups excluding carboxylic acids is 1. The van der Waals surface area contributed by atoms with Crippen molar-refractivity contribution in [2.75, 3.05) is 11.9 Å².